The van der Waals surface area contributed by atoms with Gasteiger partial charge >= 0.3 is 6.03 Å². The molecule has 1 aliphatic rings. The van der Waals surface area contributed by atoms with Crippen molar-refractivity contribution in [1.29, 1.82) is 0 Å². The molecule has 1 aliphatic heterocycles. The van der Waals surface area contributed by atoms with Crippen LogP contribution >= 0.6 is 11.6 Å². The number of aryl methyl sites for hydroxylation is 1. The number of anilines is 1. The van der Waals surface area contributed by atoms with Gasteiger partial charge in [-0.15, -0.1) is 0 Å². The number of benzene rings is 2. The van der Waals surface area contributed by atoms with E-state index >= 15 is 0 Å². The fraction of sp³-hybridized carbons (Fsp3) is 0.263. The van der Waals surface area contributed by atoms with Gasteiger partial charge in [-0.1, -0.05) is 29.8 Å². The highest BCUT2D eigenvalue weighted by atomic mass is 35.5. The molecule has 1 saturated heterocycles. The monoisotopic (exact) mass is 358 g/mol. The molecular formula is C19H19ClN2O3. The van der Waals surface area contributed by atoms with E-state index in [-0.39, 0.29) is 25.1 Å². The summed E-state index contributed by atoms with van der Waals surface area (Å²) in [7, 11) is 0. The molecule has 0 saturated carbocycles. The number of carbonyl (C=O) groups is 2. The number of imide groups is 1. The molecule has 2 aromatic carbocycles. The highest BCUT2D eigenvalue weighted by Gasteiger charge is 2.43. The van der Waals surface area contributed by atoms with Gasteiger partial charge in [0.2, 0.25) is 0 Å². The second-order valence-corrected chi connectivity index (χ2v) is 6.35. The summed E-state index contributed by atoms with van der Waals surface area (Å²) in [4.78, 5) is 27.8. The zero-order valence-electron chi connectivity index (χ0n) is 14.1. The maximum Gasteiger partial charge on any atom is 0.332 e. The van der Waals surface area contributed by atoms with Crippen molar-refractivity contribution in [1.82, 2.24) is 4.90 Å². The molecule has 0 aliphatic carbocycles. The van der Waals surface area contributed by atoms with E-state index in [1.165, 1.54) is 9.80 Å². The highest BCUT2D eigenvalue weighted by molar-refractivity contribution is 6.30. The number of urea groups is 1. The largest absolute Gasteiger partial charge is 0.491 e. The van der Waals surface area contributed by atoms with Gasteiger partial charge in [-0.2, -0.15) is 0 Å². The van der Waals surface area contributed by atoms with Crippen LogP contribution in [0.2, 0.25) is 5.02 Å². The Morgan fingerprint density at radius 2 is 1.76 bits per heavy atom. The Bertz CT molecular complexity index is 792. The van der Waals surface area contributed by atoms with Crippen LogP contribution in [0.15, 0.2) is 48.5 Å². The Morgan fingerprint density at radius 1 is 1.08 bits per heavy atom. The molecule has 1 fully saturated rings. The Morgan fingerprint density at radius 3 is 2.44 bits per heavy atom. The Balaban J connectivity index is 1.68. The van der Waals surface area contributed by atoms with E-state index in [0.29, 0.717) is 10.7 Å². The summed E-state index contributed by atoms with van der Waals surface area (Å²) in [6, 6.07) is 13.6. The van der Waals surface area contributed by atoms with Crippen LogP contribution in [0.5, 0.6) is 5.75 Å². The number of rotatable bonds is 5. The van der Waals surface area contributed by atoms with Crippen LogP contribution in [0.25, 0.3) is 0 Å². The average Bonchev–Trinajstić information content (AvgIpc) is 2.81. The number of amides is 3. The first kappa shape index (κ1) is 17.3. The molecule has 2 aromatic rings. The number of carbonyl (C=O) groups excluding carboxylic acids is 2. The van der Waals surface area contributed by atoms with Gasteiger partial charge in [0.1, 0.15) is 18.4 Å². The minimum Gasteiger partial charge on any atom is -0.491 e. The predicted molar refractivity (Wildman–Crippen MR) is 97.2 cm³/mol. The molecule has 0 spiro atoms. The third kappa shape index (κ3) is 3.46. The molecule has 0 radical (unpaired) electrons. The summed E-state index contributed by atoms with van der Waals surface area (Å²) in [5.41, 5.74) is 1.66. The first-order valence-corrected chi connectivity index (χ1v) is 8.45. The Labute approximate surface area is 151 Å². The van der Waals surface area contributed by atoms with Gasteiger partial charge in [-0.05, 0) is 49.7 Å². The second kappa shape index (κ2) is 7.15. The maximum absolute atomic E-state index is 12.7. The lowest BCUT2D eigenvalue weighted by Gasteiger charge is -2.19. The molecule has 0 aromatic heterocycles. The lowest BCUT2D eigenvalue weighted by atomic mass is 10.2. The van der Waals surface area contributed by atoms with Crippen molar-refractivity contribution in [2.75, 3.05) is 18.1 Å². The smallest absolute Gasteiger partial charge is 0.332 e. The number of para-hydroxylation sites is 1. The fourth-order valence-electron chi connectivity index (χ4n) is 2.83. The van der Waals surface area contributed by atoms with Crippen LogP contribution in [0, 0.1) is 6.92 Å². The van der Waals surface area contributed by atoms with Crippen molar-refractivity contribution in [3.8, 4) is 5.75 Å². The van der Waals surface area contributed by atoms with Crippen LogP contribution in [-0.2, 0) is 4.79 Å². The van der Waals surface area contributed by atoms with E-state index in [2.05, 4.69) is 0 Å². The van der Waals surface area contributed by atoms with Crippen molar-refractivity contribution >= 4 is 29.2 Å². The van der Waals surface area contributed by atoms with Gasteiger partial charge in [0.05, 0.1) is 6.54 Å². The zero-order valence-corrected chi connectivity index (χ0v) is 14.9. The summed E-state index contributed by atoms with van der Waals surface area (Å²) in [6.07, 6.45) is 0. The van der Waals surface area contributed by atoms with Crippen LogP contribution in [0.4, 0.5) is 10.5 Å². The minimum absolute atomic E-state index is 0.209. The quantitative estimate of drug-likeness (QED) is 0.762. The number of ether oxygens (including phenoxy) is 1. The van der Waals surface area contributed by atoms with Crippen molar-refractivity contribution in [3.05, 3.63) is 59.1 Å². The van der Waals surface area contributed by atoms with Crippen LogP contribution in [0.1, 0.15) is 12.5 Å². The van der Waals surface area contributed by atoms with Gasteiger partial charge < -0.3 is 4.74 Å². The molecular weight excluding hydrogens is 340 g/mol. The molecule has 3 amide bonds. The van der Waals surface area contributed by atoms with Crippen molar-refractivity contribution < 1.29 is 14.3 Å². The number of halogens is 1. The summed E-state index contributed by atoms with van der Waals surface area (Å²) in [5, 5.41) is 0.581. The van der Waals surface area contributed by atoms with Crippen molar-refractivity contribution in [3.63, 3.8) is 0 Å². The van der Waals surface area contributed by atoms with Crippen LogP contribution < -0.4 is 9.64 Å². The first-order valence-electron chi connectivity index (χ1n) is 8.07. The number of nitrogens with zero attached hydrogens (tertiary/aromatic N) is 2. The standard InChI is InChI=1S/C19H19ClN2O3/c1-13-5-3-4-6-17(13)25-12-11-21-18(23)14(2)22(19(21)24)16-9-7-15(20)8-10-16/h3-10,14H,11-12H2,1-2H3. The highest BCUT2D eigenvalue weighted by Crippen LogP contribution is 2.27. The van der Waals surface area contributed by atoms with Gasteiger partial charge in [0.15, 0.2) is 0 Å². The topological polar surface area (TPSA) is 49.9 Å². The van der Waals surface area contributed by atoms with Gasteiger partial charge in [-0.3, -0.25) is 14.6 Å². The third-order valence-corrected chi connectivity index (χ3v) is 4.47. The lowest BCUT2D eigenvalue weighted by Crippen LogP contribution is -2.36. The van der Waals surface area contributed by atoms with Gasteiger partial charge in [-0.25, -0.2) is 4.79 Å². The van der Waals surface area contributed by atoms with Gasteiger partial charge in [0.25, 0.3) is 5.91 Å². The fourth-order valence-corrected chi connectivity index (χ4v) is 2.96. The molecule has 6 heteroatoms. The number of hydrogen-bond donors (Lipinski definition) is 0. The maximum atomic E-state index is 12.7. The van der Waals surface area contributed by atoms with E-state index < -0.39 is 6.04 Å². The molecule has 130 valence electrons. The van der Waals surface area contributed by atoms with E-state index in [1.54, 1.807) is 31.2 Å². The SMILES string of the molecule is Cc1ccccc1OCCN1C(=O)C(C)N(c2ccc(Cl)cc2)C1=O. The molecule has 1 atom stereocenters. The molecule has 3 rings (SSSR count). The zero-order chi connectivity index (χ0) is 18.0. The van der Waals surface area contributed by atoms with Crippen molar-refractivity contribution in [2.45, 2.75) is 19.9 Å². The lowest BCUT2D eigenvalue weighted by molar-refractivity contribution is -0.127. The van der Waals surface area contributed by atoms with E-state index in [9.17, 15) is 9.59 Å². The minimum atomic E-state index is -0.549. The van der Waals surface area contributed by atoms with E-state index in [1.807, 2.05) is 31.2 Å². The molecule has 1 heterocycles. The van der Waals surface area contributed by atoms with Crippen LogP contribution in [0.3, 0.4) is 0 Å². The summed E-state index contributed by atoms with van der Waals surface area (Å²) < 4.78 is 5.71. The Hall–Kier alpha value is -2.53. The summed E-state index contributed by atoms with van der Waals surface area (Å²) in [5.74, 6) is 0.525. The summed E-state index contributed by atoms with van der Waals surface area (Å²) in [6.45, 7) is 4.13. The van der Waals surface area contributed by atoms with Crippen LogP contribution in [-0.4, -0.2) is 36.0 Å². The van der Waals surface area contributed by atoms with Gasteiger partial charge in [0, 0.05) is 10.7 Å². The average molecular weight is 359 g/mol. The normalized spacial score (nSPS) is 17.3. The predicted octanol–water partition coefficient (Wildman–Crippen LogP) is 3.88. The first-order chi connectivity index (χ1) is 12.0. The summed E-state index contributed by atoms with van der Waals surface area (Å²) >= 11 is 5.89. The Kier molecular flexibility index (Phi) is 4.95. The second-order valence-electron chi connectivity index (χ2n) is 5.91. The van der Waals surface area contributed by atoms with E-state index in [4.69, 9.17) is 16.3 Å². The molecule has 0 N–H and O–H groups in total. The molecule has 1 unspecified atom stereocenters. The molecule has 5 nitrogen and oxygen atoms in total. The number of hydrogen-bond acceptors (Lipinski definition) is 3. The molecule has 0 bridgehead atoms. The third-order valence-electron chi connectivity index (χ3n) is 4.22. The van der Waals surface area contributed by atoms with Crippen molar-refractivity contribution in [2.24, 2.45) is 0 Å². The van der Waals surface area contributed by atoms with E-state index in [0.717, 1.165) is 11.3 Å². The molecule has 25 heavy (non-hydrogen) atoms.